The van der Waals surface area contributed by atoms with E-state index < -0.39 is 0 Å². The summed E-state index contributed by atoms with van der Waals surface area (Å²) in [5.74, 6) is 0.832. The van der Waals surface area contributed by atoms with Gasteiger partial charge in [-0.25, -0.2) is 0 Å². The van der Waals surface area contributed by atoms with Crippen LogP contribution in [0, 0.1) is 0 Å². The molecule has 2 rings (SSSR count). The van der Waals surface area contributed by atoms with Gasteiger partial charge in [-0.1, -0.05) is 30.9 Å². The average molecular weight is 254 g/mol. The van der Waals surface area contributed by atoms with Crippen LogP contribution in [-0.4, -0.2) is 14.2 Å². The van der Waals surface area contributed by atoms with Gasteiger partial charge in [0.25, 0.3) is 0 Å². The van der Waals surface area contributed by atoms with Gasteiger partial charge in [0.2, 0.25) is 0 Å². The molecule has 0 unspecified atom stereocenters. The molecule has 2 aromatic carbocycles. The van der Waals surface area contributed by atoms with Gasteiger partial charge >= 0.3 is 0 Å². The molecule has 0 bridgehead atoms. The van der Waals surface area contributed by atoms with E-state index in [9.17, 15) is 0 Å². The van der Waals surface area contributed by atoms with E-state index in [0.717, 1.165) is 28.1 Å². The predicted octanol–water partition coefficient (Wildman–Crippen LogP) is 3.63. The van der Waals surface area contributed by atoms with Gasteiger partial charge in [-0.2, -0.15) is 0 Å². The van der Waals surface area contributed by atoms with Crippen molar-refractivity contribution >= 4 is 17.5 Å². The lowest BCUT2D eigenvalue weighted by Gasteiger charge is -2.15. The Balaban J connectivity index is 2.69. The molecule has 3 heteroatoms. The third-order valence-corrected chi connectivity index (χ3v) is 3.11. The molecule has 0 amide bonds. The molecule has 3 N–H and O–H groups in total. The maximum Gasteiger partial charge on any atom is 0.126 e. The van der Waals surface area contributed by atoms with Crippen LogP contribution in [0.2, 0.25) is 0 Å². The molecule has 0 radical (unpaired) electrons. The van der Waals surface area contributed by atoms with E-state index >= 15 is 0 Å². The number of para-hydroxylation sites is 1. The van der Waals surface area contributed by atoms with E-state index in [-0.39, 0.29) is 0 Å². The fraction of sp³-hybridized carbons (Fsp3) is 0.125. The van der Waals surface area contributed by atoms with Crippen LogP contribution in [0.15, 0.2) is 43.0 Å². The zero-order valence-corrected chi connectivity index (χ0v) is 11.2. The topological polar surface area (TPSA) is 47.3 Å². The molecule has 19 heavy (non-hydrogen) atoms. The van der Waals surface area contributed by atoms with Gasteiger partial charge in [-0.15, -0.1) is 0 Å². The Morgan fingerprint density at radius 1 is 1.21 bits per heavy atom. The van der Waals surface area contributed by atoms with Gasteiger partial charge in [0.15, 0.2) is 0 Å². The first-order valence-electron chi connectivity index (χ1n) is 6.08. The first-order valence-corrected chi connectivity index (χ1v) is 6.08. The number of hydrogen-bond acceptors (Lipinski definition) is 3. The van der Waals surface area contributed by atoms with Crippen LogP contribution >= 0.6 is 0 Å². The molecule has 2 aromatic rings. The molecule has 0 fully saturated rings. The maximum atomic E-state index is 5.98. The molecular formula is C16H18N2O. The Bertz CT molecular complexity index is 606. The first-order chi connectivity index (χ1) is 9.21. The van der Waals surface area contributed by atoms with Crippen LogP contribution in [0.1, 0.15) is 5.56 Å². The van der Waals surface area contributed by atoms with E-state index in [2.05, 4.69) is 11.9 Å². The summed E-state index contributed by atoms with van der Waals surface area (Å²) >= 11 is 0. The fourth-order valence-corrected chi connectivity index (χ4v) is 2.11. The molecule has 3 nitrogen and oxygen atoms in total. The van der Waals surface area contributed by atoms with Gasteiger partial charge < -0.3 is 15.8 Å². The van der Waals surface area contributed by atoms with Crippen molar-refractivity contribution in [2.45, 2.75) is 0 Å². The zero-order chi connectivity index (χ0) is 13.8. The van der Waals surface area contributed by atoms with Crippen molar-refractivity contribution in [2.75, 3.05) is 25.2 Å². The highest BCUT2D eigenvalue weighted by atomic mass is 16.5. The van der Waals surface area contributed by atoms with Crippen LogP contribution < -0.4 is 15.8 Å². The van der Waals surface area contributed by atoms with Gasteiger partial charge in [0, 0.05) is 29.5 Å². The molecule has 0 heterocycles. The standard InChI is InChI=1S/C16H18N2O/c1-4-11-9-13(15(18-2)10-14(11)17)12-7-5-6-8-16(12)19-3/h4-10,18H,1,17H2,2-3H3. The zero-order valence-electron chi connectivity index (χ0n) is 11.2. The van der Waals surface area contributed by atoms with Crippen LogP contribution in [0.4, 0.5) is 11.4 Å². The van der Waals surface area contributed by atoms with Crippen molar-refractivity contribution in [1.29, 1.82) is 0 Å². The van der Waals surface area contributed by atoms with Crippen molar-refractivity contribution in [3.05, 3.63) is 48.5 Å². The summed E-state index contributed by atoms with van der Waals surface area (Å²) < 4.78 is 5.42. The highest BCUT2D eigenvalue weighted by Crippen LogP contribution is 2.37. The minimum Gasteiger partial charge on any atom is -0.496 e. The normalized spacial score (nSPS) is 10.0. The van der Waals surface area contributed by atoms with Gasteiger partial charge in [0.05, 0.1) is 7.11 Å². The van der Waals surface area contributed by atoms with Crippen molar-refractivity contribution in [3.8, 4) is 16.9 Å². The van der Waals surface area contributed by atoms with Crippen molar-refractivity contribution in [2.24, 2.45) is 0 Å². The summed E-state index contributed by atoms with van der Waals surface area (Å²) in [4.78, 5) is 0. The summed E-state index contributed by atoms with van der Waals surface area (Å²) in [5.41, 5.74) is 10.6. The maximum absolute atomic E-state index is 5.98. The summed E-state index contributed by atoms with van der Waals surface area (Å²) in [6, 6.07) is 11.8. The highest BCUT2D eigenvalue weighted by molar-refractivity contribution is 5.87. The summed E-state index contributed by atoms with van der Waals surface area (Å²) in [5, 5.41) is 3.17. The van der Waals surface area contributed by atoms with Gasteiger partial charge in [-0.3, -0.25) is 0 Å². The fourth-order valence-electron chi connectivity index (χ4n) is 2.11. The van der Waals surface area contributed by atoms with Crippen LogP contribution in [0.5, 0.6) is 5.75 Å². The number of rotatable bonds is 4. The number of hydrogen-bond donors (Lipinski definition) is 2. The monoisotopic (exact) mass is 254 g/mol. The van der Waals surface area contributed by atoms with Crippen molar-refractivity contribution < 1.29 is 4.74 Å². The Labute approximate surface area is 113 Å². The molecule has 0 aliphatic rings. The summed E-state index contributed by atoms with van der Waals surface area (Å²) in [7, 11) is 3.55. The van der Waals surface area contributed by atoms with Crippen molar-refractivity contribution in [1.82, 2.24) is 0 Å². The number of ether oxygens (including phenoxy) is 1. The molecule has 0 saturated carbocycles. The molecule has 0 aliphatic heterocycles. The Kier molecular flexibility index (Phi) is 3.76. The second kappa shape index (κ2) is 5.48. The SMILES string of the molecule is C=Cc1cc(-c2ccccc2OC)c(NC)cc1N. The van der Waals surface area contributed by atoms with Gasteiger partial charge in [-0.05, 0) is 23.8 Å². The molecule has 0 spiro atoms. The van der Waals surface area contributed by atoms with E-state index in [1.54, 1.807) is 13.2 Å². The van der Waals surface area contributed by atoms with E-state index in [0.29, 0.717) is 5.69 Å². The second-order valence-corrected chi connectivity index (χ2v) is 4.18. The predicted molar refractivity (Wildman–Crippen MR) is 82.5 cm³/mol. The summed E-state index contributed by atoms with van der Waals surface area (Å²) in [6.07, 6.45) is 1.76. The lowest BCUT2D eigenvalue weighted by atomic mass is 9.98. The van der Waals surface area contributed by atoms with Gasteiger partial charge in [0.1, 0.15) is 5.75 Å². The van der Waals surface area contributed by atoms with E-state index in [4.69, 9.17) is 10.5 Å². The number of anilines is 2. The molecule has 0 aromatic heterocycles. The highest BCUT2D eigenvalue weighted by Gasteiger charge is 2.11. The quantitative estimate of drug-likeness (QED) is 0.819. The van der Waals surface area contributed by atoms with Crippen LogP contribution in [0.25, 0.3) is 17.2 Å². The molecule has 98 valence electrons. The van der Waals surface area contributed by atoms with Crippen molar-refractivity contribution in [3.63, 3.8) is 0 Å². The largest absolute Gasteiger partial charge is 0.496 e. The third kappa shape index (κ3) is 2.40. The Morgan fingerprint density at radius 3 is 2.58 bits per heavy atom. The minimum atomic E-state index is 0.706. The molecule has 0 atom stereocenters. The molecule has 0 saturated heterocycles. The molecular weight excluding hydrogens is 236 g/mol. The van der Waals surface area contributed by atoms with E-state index in [1.807, 2.05) is 43.4 Å². The Hall–Kier alpha value is -2.42. The molecule has 0 aliphatic carbocycles. The number of benzene rings is 2. The lowest BCUT2D eigenvalue weighted by molar-refractivity contribution is 0.416. The second-order valence-electron chi connectivity index (χ2n) is 4.18. The lowest BCUT2D eigenvalue weighted by Crippen LogP contribution is -1.98. The smallest absolute Gasteiger partial charge is 0.126 e. The van der Waals surface area contributed by atoms with Crippen LogP contribution in [-0.2, 0) is 0 Å². The number of methoxy groups -OCH3 is 1. The third-order valence-electron chi connectivity index (χ3n) is 3.11. The van der Waals surface area contributed by atoms with Crippen LogP contribution in [0.3, 0.4) is 0 Å². The minimum absolute atomic E-state index is 0.706. The summed E-state index contributed by atoms with van der Waals surface area (Å²) in [6.45, 7) is 3.79. The van der Waals surface area contributed by atoms with E-state index in [1.165, 1.54) is 0 Å². The number of nitrogen functional groups attached to an aromatic ring is 1. The number of nitrogens with two attached hydrogens (primary N) is 1. The number of nitrogens with one attached hydrogen (secondary N) is 1. The first kappa shape index (κ1) is 13.0. The Morgan fingerprint density at radius 2 is 1.95 bits per heavy atom. The average Bonchev–Trinajstić information content (AvgIpc) is 2.46.